The molecule has 4 nitrogen and oxygen atoms in total. The molecule has 130 valence electrons. The third-order valence-electron chi connectivity index (χ3n) is 2.89. The number of benzene rings is 1. The Morgan fingerprint density at radius 1 is 1.00 bits per heavy atom. The summed E-state index contributed by atoms with van der Waals surface area (Å²) in [6, 6.07) is 7.94. The first kappa shape index (κ1) is 20.1. The second kappa shape index (κ2) is 8.23. The van der Waals surface area contributed by atoms with Gasteiger partial charge in [-0.2, -0.15) is 0 Å². The van der Waals surface area contributed by atoms with Crippen molar-refractivity contribution in [3.63, 3.8) is 0 Å². The largest absolute Gasteiger partial charge is 0.544 e. The maximum atomic E-state index is 12.0. The van der Waals surface area contributed by atoms with Crippen LogP contribution in [0.3, 0.4) is 0 Å². The van der Waals surface area contributed by atoms with Crippen molar-refractivity contribution in [1.82, 2.24) is 0 Å². The Morgan fingerprint density at radius 3 is 2.00 bits per heavy atom. The summed E-state index contributed by atoms with van der Waals surface area (Å²) in [5.41, 5.74) is 1.01. The van der Waals surface area contributed by atoms with E-state index in [0.29, 0.717) is 6.42 Å². The van der Waals surface area contributed by atoms with E-state index in [1.54, 1.807) is 0 Å². The normalized spacial score (nSPS) is 13.7. The molecule has 0 amide bonds. The molecule has 0 fully saturated rings. The molecule has 23 heavy (non-hydrogen) atoms. The third-order valence-corrected chi connectivity index (χ3v) is 4.73. The maximum absolute atomic E-state index is 12.0. The quantitative estimate of drug-likeness (QED) is 0.617. The van der Waals surface area contributed by atoms with Crippen molar-refractivity contribution < 1.29 is 18.4 Å². The molecule has 0 radical (unpaired) electrons. The summed E-state index contributed by atoms with van der Waals surface area (Å²) in [6.07, 6.45) is 0.122. The van der Waals surface area contributed by atoms with Crippen molar-refractivity contribution in [2.75, 3.05) is 13.7 Å². The summed E-state index contributed by atoms with van der Waals surface area (Å²) in [6.45, 7) is 13.0. The van der Waals surface area contributed by atoms with Crippen molar-refractivity contribution in [3.8, 4) is 5.75 Å². The SMILES string of the molecule is COCC(=O)CC(O[Si](C)(C)C)c1ccc(O[Si](C)(C)C)cc1. The van der Waals surface area contributed by atoms with Gasteiger partial charge in [-0.25, -0.2) is 0 Å². The lowest BCUT2D eigenvalue weighted by atomic mass is 10.0. The van der Waals surface area contributed by atoms with E-state index in [1.165, 1.54) is 7.11 Å². The first-order chi connectivity index (χ1) is 10.5. The van der Waals surface area contributed by atoms with Gasteiger partial charge >= 0.3 is 0 Å². The van der Waals surface area contributed by atoms with Crippen LogP contribution in [-0.2, 0) is 14.0 Å². The van der Waals surface area contributed by atoms with E-state index in [2.05, 4.69) is 39.3 Å². The van der Waals surface area contributed by atoms with Crippen LogP contribution in [0.5, 0.6) is 5.75 Å². The molecule has 0 aromatic heterocycles. The smallest absolute Gasteiger partial charge is 0.242 e. The number of carbonyl (C=O) groups excluding carboxylic acids is 1. The van der Waals surface area contributed by atoms with Gasteiger partial charge in [-0.15, -0.1) is 0 Å². The summed E-state index contributed by atoms with van der Waals surface area (Å²) < 4.78 is 17.1. The highest BCUT2D eigenvalue weighted by Crippen LogP contribution is 2.28. The van der Waals surface area contributed by atoms with Gasteiger partial charge in [0, 0.05) is 13.5 Å². The molecule has 1 rings (SSSR count). The topological polar surface area (TPSA) is 44.8 Å². The van der Waals surface area contributed by atoms with Gasteiger partial charge in [0.25, 0.3) is 0 Å². The van der Waals surface area contributed by atoms with E-state index >= 15 is 0 Å². The van der Waals surface area contributed by atoms with Crippen molar-refractivity contribution in [2.24, 2.45) is 0 Å². The maximum Gasteiger partial charge on any atom is 0.242 e. The number of carbonyl (C=O) groups is 1. The zero-order chi connectivity index (χ0) is 17.7. The third kappa shape index (κ3) is 8.46. The number of rotatable bonds is 9. The summed E-state index contributed by atoms with van der Waals surface area (Å²) in [7, 11) is -1.84. The fourth-order valence-electron chi connectivity index (χ4n) is 2.19. The van der Waals surface area contributed by atoms with Crippen LogP contribution in [0.25, 0.3) is 0 Å². The molecule has 0 N–H and O–H groups in total. The number of hydrogen-bond donors (Lipinski definition) is 0. The number of ether oxygens (including phenoxy) is 1. The Kier molecular flexibility index (Phi) is 7.19. The fourth-order valence-corrected chi connectivity index (χ4v) is 4.10. The highest BCUT2D eigenvalue weighted by Gasteiger charge is 2.25. The second-order valence-electron chi connectivity index (χ2n) is 7.68. The second-order valence-corrected chi connectivity index (χ2v) is 16.6. The first-order valence-electron chi connectivity index (χ1n) is 7.97. The molecule has 0 aliphatic rings. The minimum atomic E-state index is -1.76. The Morgan fingerprint density at radius 2 is 1.57 bits per heavy atom. The van der Waals surface area contributed by atoms with E-state index in [0.717, 1.165) is 11.3 Å². The van der Waals surface area contributed by atoms with Crippen LogP contribution in [0.1, 0.15) is 18.1 Å². The van der Waals surface area contributed by atoms with Crippen LogP contribution in [0.4, 0.5) is 0 Å². The lowest BCUT2D eigenvalue weighted by molar-refractivity contribution is -0.124. The molecule has 0 saturated heterocycles. The summed E-state index contributed by atoms with van der Waals surface area (Å²) >= 11 is 0. The predicted molar refractivity (Wildman–Crippen MR) is 99.1 cm³/mol. The van der Waals surface area contributed by atoms with Gasteiger partial charge in [0.2, 0.25) is 8.32 Å². The predicted octanol–water partition coefficient (Wildman–Crippen LogP) is 4.40. The molecule has 1 aromatic carbocycles. The fraction of sp³-hybridized carbons (Fsp3) is 0.588. The standard InChI is InChI=1S/C17H30O4Si2/c1-19-13-15(18)12-17(21-23(5,6)7)14-8-10-16(11-9-14)20-22(2,3)4/h8-11,17H,12-13H2,1-7H3. The zero-order valence-corrected chi connectivity index (χ0v) is 17.4. The van der Waals surface area contributed by atoms with Crippen molar-refractivity contribution in [2.45, 2.75) is 51.8 Å². The van der Waals surface area contributed by atoms with Crippen molar-refractivity contribution >= 4 is 22.4 Å². The minimum Gasteiger partial charge on any atom is -0.544 e. The summed E-state index contributed by atoms with van der Waals surface area (Å²) in [5, 5.41) is 0. The molecule has 1 unspecified atom stereocenters. The molecular weight excluding hydrogens is 324 g/mol. The molecule has 0 bridgehead atoms. The van der Waals surface area contributed by atoms with Gasteiger partial charge in [0.15, 0.2) is 14.1 Å². The number of ketones is 1. The monoisotopic (exact) mass is 354 g/mol. The molecule has 0 heterocycles. The van der Waals surface area contributed by atoms with E-state index in [9.17, 15) is 4.79 Å². The van der Waals surface area contributed by atoms with Gasteiger partial charge < -0.3 is 13.6 Å². The molecule has 0 aliphatic heterocycles. The number of hydrogen-bond acceptors (Lipinski definition) is 4. The highest BCUT2D eigenvalue weighted by molar-refractivity contribution is 6.70. The van der Waals surface area contributed by atoms with Crippen LogP contribution in [0.15, 0.2) is 24.3 Å². The van der Waals surface area contributed by atoms with E-state index in [-0.39, 0.29) is 18.5 Å². The average Bonchev–Trinajstić information content (AvgIpc) is 2.35. The molecule has 1 atom stereocenters. The molecule has 0 spiro atoms. The molecule has 6 heteroatoms. The first-order valence-corrected chi connectivity index (χ1v) is 14.8. The highest BCUT2D eigenvalue weighted by atomic mass is 28.4. The van der Waals surface area contributed by atoms with Crippen LogP contribution in [0, 0.1) is 0 Å². The van der Waals surface area contributed by atoms with Crippen LogP contribution >= 0.6 is 0 Å². The van der Waals surface area contributed by atoms with E-state index < -0.39 is 16.6 Å². The van der Waals surface area contributed by atoms with E-state index in [1.807, 2.05) is 24.3 Å². The zero-order valence-electron chi connectivity index (χ0n) is 15.4. The van der Waals surface area contributed by atoms with Crippen LogP contribution in [-0.4, -0.2) is 36.1 Å². The lowest BCUT2D eigenvalue weighted by Crippen LogP contribution is -2.30. The van der Waals surface area contributed by atoms with Gasteiger partial charge in [-0.3, -0.25) is 4.79 Å². The molecular formula is C17H30O4Si2. The average molecular weight is 355 g/mol. The van der Waals surface area contributed by atoms with E-state index in [4.69, 9.17) is 13.6 Å². The van der Waals surface area contributed by atoms with Gasteiger partial charge in [0.1, 0.15) is 12.4 Å². The van der Waals surface area contributed by atoms with Crippen LogP contribution < -0.4 is 4.43 Å². The molecule has 0 saturated carbocycles. The van der Waals surface area contributed by atoms with Crippen molar-refractivity contribution in [1.29, 1.82) is 0 Å². The molecule has 1 aromatic rings. The number of methoxy groups -OCH3 is 1. The van der Waals surface area contributed by atoms with Crippen LogP contribution in [0.2, 0.25) is 39.3 Å². The van der Waals surface area contributed by atoms with Gasteiger partial charge in [-0.05, 0) is 57.0 Å². The number of Topliss-reactive ketones (excluding diaryl/α,β-unsaturated/α-hetero) is 1. The Balaban J connectivity index is 2.90. The summed E-state index contributed by atoms with van der Waals surface area (Å²) in [5.74, 6) is 0.932. The lowest BCUT2D eigenvalue weighted by Gasteiger charge is -2.27. The van der Waals surface area contributed by atoms with Crippen molar-refractivity contribution in [3.05, 3.63) is 29.8 Å². The van der Waals surface area contributed by atoms with Gasteiger partial charge in [0.05, 0.1) is 6.10 Å². The Bertz CT molecular complexity index is 501. The Labute approximate surface area is 142 Å². The Hall–Kier alpha value is -0.956. The minimum absolute atomic E-state index is 0.0539. The summed E-state index contributed by atoms with van der Waals surface area (Å²) in [4.78, 5) is 12.0. The molecule has 0 aliphatic carbocycles. The van der Waals surface area contributed by atoms with Gasteiger partial charge in [-0.1, -0.05) is 12.1 Å².